The van der Waals surface area contributed by atoms with E-state index in [1.165, 1.54) is 64.2 Å². The van der Waals surface area contributed by atoms with Gasteiger partial charge in [0.25, 0.3) is 0 Å². The number of nitrogens with one attached hydrogen (secondary N) is 1. The Balaban J connectivity index is 2.30. The highest BCUT2D eigenvalue weighted by molar-refractivity contribution is 4.82. The monoisotopic (exact) mass is 378 g/mol. The molecule has 1 N–H and O–H groups in total. The Hall–Kier alpha value is -0.290. The van der Waals surface area contributed by atoms with E-state index in [4.69, 9.17) is 0 Å². The first-order valence-corrected chi connectivity index (χ1v) is 11.0. The number of piperidine rings is 1. The van der Waals surface area contributed by atoms with Gasteiger partial charge in [0.2, 0.25) is 0 Å². The molecule has 0 saturated carbocycles. The summed E-state index contributed by atoms with van der Waals surface area (Å²) in [4.78, 5) is 2.62. The fourth-order valence-corrected chi connectivity index (χ4v) is 4.01. The predicted molar refractivity (Wildman–Crippen MR) is 105 cm³/mol. The van der Waals surface area contributed by atoms with Gasteiger partial charge < -0.3 is 10.2 Å². The molecule has 0 bridgehead atoms. The maximum absolute atomic E-state index is 12.3. The average Bonchev–Trinajstić information content (AvgIpc) is 2.60. The van der Waals surface area contributed by atoms with Gasteiger partial charge in [-0.25, -0.2) is 0 Å². The van der Waals surface area contributed by atoms with E-state index in [9.17, 15) is 13.2 Å². The van der Waals surface area contributed by atoms with Crippen molar-refractivity contribution in [3.05, 3.63) is 0 Å². The lowest BCUT2D eigenvalue weighted by Crippen LogP contribution is -2.47. The zero-order chi connectivity index (χ0) is 19.3. The van der Waals surface area contributed by atoms with E-state index in [0.29, 0.717) is 6.04 Å². The van der Waals surface area contributed by atoms with Crippen LogP contribution in [0.5, 0.6) is 0 Å². The van der Waals surface area contributed by atoms with Crippen molar-refractivity contribution in [2.75, 3.05) is 19.6 Å². The third kappa shape index (κ3) is 11.4. The molecule has 1 saturated heterocycles. The Labute approximate surface area is 159 Å². The first-order chi connectivity index (χ1) is 12.5. The topological polar surface area (TPSA) is 15.3 Å². The third-order valence-electron chi connectivity index (χ3n) is 5.67. The third-order valence-corrected chi connectivity index (χ3v) is 5.67. The number of alkyl halides is 3. The smallest absolute Gasteiger partial charge is 0.314 e. The van der Waals surface area contributed by atoms with Gasteiger partial charge in [-0.3, -0.25) is 0 Å². The normalized spacial score (nSPS) is 18.3. The van der Waals surface area contributed by atoms with Crippen LogP contribution in [0, 0.1) is 0 Å². The van der Waals surface area contributed by atoms with E-state index in [1.54, 1.807) is 0 Å². The molecule has 1 aliphatic rings. The molecule has 5 heteroatoms. The Morgan fingerprint density at radius 1 is 0.885 bits per heavy atom. The Morgan fingerprint density at radius 2 is 1.42 bits per heavy atom. The molecule has 1 fully saturated rings. The largest absolute Gasteiger partial charge is 0.390 e. The van der Waals surface area contributed by atoms with Crippen molar-refractivity contribution in [3.8, 4) is 0 Å². The Bertz CT molecular complexity index is 326. The fraction of sp³-hybridized carbons (Fsp3) is 1.00. The van der Waals surface area contributed by atoms with Gasteiger partial charge in [0.15, 0.2) is 0 Å². The average molecular weight is 379 g/mol. The summed E-state index contributed by atoms with van der Waals surface area (Å²) in [7, 11) is 0. The molecule has 0 aromatic carbocycles. The van der Waals surface area contributed by atoms with Crippen LogP contribution in [-0.2, 0) is 0 Å². The molecule has 1 atom stereocenters. The predicted octanol–water partition coefficient (Wildman–Crippen LogP) is 6.30. The van der Waals surface area contributed by atoms with Crippen LogP contribution in [0.3, 0.4) is 0 Å². The maximum atomic E-state index is 12.3. The summed E-state index contributed by atoms with van der Waals surface area (Å²) in [5.41, 5.74) is 0. The number of halogens is 3. The van der Waals surface area contributed by atoms with Gasteiger partial charge in [-0.1, -0.05) is 65.2 Å². The summed E-state index contributed by atoms with van der Waals surface area (Å²) in [5.74, 6) is 0. The van der Waals surface area contributed by atoms with Crippen LogP contribution in [0.4, 0.5) is 13.2 Å². The molecular weight excluding hydrogens is 337 g/mol. The zero-order valence-electron chi connectivity index (χ0n) is 17.0. The molecule has 0 aromatic rings. The molecule has 1 rings (SSSR count). The fourth-order valence-electron chi connectivity index (χ4n) is 4.01. The maximum Gasteiger partial charge on any atom is 0.390 e. The molecule has 1 aliphatic heterocycles. The van der Waals surface area contributed by atoms with Crippen molar-refractivity contribution < 1.29 is 13.2 Å². The molecule has 1 heterocycles. The molecule has 0 aliphatic carbocycles. The van der Waals surface area contributed by atoms with Crippen molar-refractivity contribution in [2.45, 2.75) is 116 Å². The minimum absolute atomic E-state index is 0.0610. The number of unbranched alkanes of at least 4 members (excludes halogenated alkanes) is 6. The number of rotatable bonds is 14. The highest BCUT2D eigenvalue weighted by Gasteiger charge is 2.28. The van der Waals surface area contributed by atoms with Crippen LogP contribution in [0.2, 0.25) is 0 Å². The van der Waals surface area contributed by atoms with Crippen LogP contribution in [0.25, 0.3) is 0 Å². The van der Waals surface area contributed by atoms with E-state index in [-0.39, 0.29) is 12.6 Å². The van der Waals surface area contributed by atoms with Gasteiger partial charge in [-0.2, -0.15) is 13.2 Å². The summed E-state index contributed by atoms with van der Waals surface area (Å²) in [6.45, 7) is 6.63. The number of hydrogen-bond acceptors (Lipinski definition) is 2. The van der Waals surface area contributed by atoms with E-state index in [0.717, 1.165) is 25.9 Å². The summed E-state index contributed by atoms with van der Waals surface area (Å²) < 4.78 is 36.8. The molecule has 156 valence electrons. The van der Waals surface area contributed by atoms with Gasteiger partial charge in [0.05, 0.1) is 6.42 Å². The summed E-state index contributed by atoms with van der Waals surface area (Å²) in [5, 5.41) is 3.11. The van der Waals surface area contributed by atoms with Gasteiger partial charge in [0, 0.05) is 18.6 Å². The lowest BCUT2D eigenvalue weighted by atomic mass is 9.96. The van der Waals surface area contributed by atoms with E-state index in [1.807, 2.05) is 0 Å². The lowest BCUT2D eigenvalue weighted by molar-refractivity contribution is -0.133. The van der Waals surface area contributed by atoms with Gasteiger partial charge in [-0.15, -0.1) is 0 Å². The number of hydrogen-bond donors (Lipinski definition) is 1. The molecule has 0 aromatic heterocycles. The van der Waals surface area contributed by atoms with Crippen LogP contribution in [-0.4, -0.2) is 42.8 Å². The van der Waals surface area contributed by atoms with Crippen LogP contribution in [0.1, 0.15) is 97.3 Å². The quantitative estimate of drug-likeness (QED) is 0.357. The molecule has 0 spiro atoms. The second-order valence-electron chi connectivity index (χ2n) is 7.98. The van der Waals surface area contributed by atoms with E-state index < -0.39 is 12.6 Å². The molecule has 26 heavy (non-hydrogen) atoms. The lowest BCUT2D eigenvalue weighted by Gasteiger charge is -2.38. The standard InChI is InChI=1S/C21H41F3N2/c1-3-5-7-8-10-12-20(11-9-6-4-2)26-17-13-19(14-18-26)25-16-15-21(22,23)24/h19-20,25H,3-18H2,1-2H3. The zero-order valence-corrected chi connectivity index (χ0v) is 17.0. The summed E-state index contributed by atoms with van der Waals surface area (Å²) in [6.07, 6.45) is 10.3. The SMILES string of the molecule is CCCCCCCC(CCCCC)N1CCC(NCCC(F)(F)F)CC1. The summed E-state index contributed by atoms with van der Waals surface area (Å²) in [6, 6.07) is 0.939. The number of nitrogens with zero attached hydrogens (tertiary/aromatic N) is 1. The van der Waals surface area contributed by atoms with Crippen LogP contribution < -0.4 is 5.32 Å². The minimum atomic E-state index is -4.05. The molecular formula is C21H41F3N2. The first kappa shape index (κ1) is 23.7. The molecule has 0 amide bonds. The van der Waals surface area contributed by atoms with Gasteiger partial charge >= 0.3 is 6.18 Å². The van der Waals surface area contributed by atoms with Crippen molar-refractivity contribution in [1.82, 2.24) is 10.2 Å². The summed E-state index contributed by atoms with van der Waals surface area (Å²) >= 11 is 0. The second kappa shape index (κ2) is 13.8. The highest BCUT2D eigenvalue weighted by atomic mass is 19.4. The van der Waals surface area contributed by atoms with Crippen molar-refractivity contribution in [2.24, 2.45) is 0 Å². The minimum Gasteiger partial charge on any atom is -0.314 e. The second-order valence-corrected chi connectivity index (χ2v) is 7.98. The van der Waals surface area contributed by atoms with Crippen molar-refractivity contribution in [3.63, 3.8) is 0 Å². The van der Waals surface area contributed by atoms with Gasteiger partial charge in [0.1, 0.15) is 0 Å². The Kier molecular flexibility index (Phi) is 12.6. The van der Waals surface area contributed by atoms with Gasteiger partial charge in [-0.05, 0) is 38.8 Å². The molecule has 2 nitrogen and oxygen atoms in total. The van der Waals surface area contributed by atoms with Crippen molar-refractivity contribution in [1.29, 1.82) is 0 Å². The first-order valence-electron chi connectivity index (χ1n) is 11.0. The van der Waals surface area contributed by atoms with E-state index >= 15 is 0 Å². The highest BCUT2D eigenvalue weighted by Crippen LogP contribution is 2.23. The Morgan fingerprint density at radius 3 is 2.00 bits per heavy atom. The molecule has 1 unspecified atom stereocenters. The number of likely N-dealkylation sites (tertiary alicyclic amines) is 1. The van der Waals surface area contributed by atoms with Crippen LogP contribution >= 0.6 is 0 Å². The molecule has 0 radical (unpaired) electrons. The van der Waals surface area contributed by atoms with E-state index in [2.05, 4.69) is 24.1 Å². The van der Waals surface area contributed by atoms with Crippen LogP contribution in [0.15, 0.2) is 0 Å². The van der Waals surface area contributed by atoms with Crippen molar-refractivity contribution >= 4 is 0 Å².